The fourth-order valence-corrected chi connectivity index (χ4v) is 4.33. The first-order valence-electron chi connectivity index (χ1n) is 9.59. The predicted molar refractivity (Wildman–Crippen MR) is 112 cm³/mol. The maximum Gasteiger partial charge on any atom is 0.227 e. The summed E-state index contributed by atoms with van der Waals surface area (Å²) >= 11 is 1.61. The summed E-state index contributed by atoms with van der Waals surface area (Å²) in [6.07, 6.45) is 2.14. The van der Waals surface area contributed by atoms with Crippen LogP contribution in [0, 0.1) is 0 Å². The van der Waals surface area contributed by atoms with E-state index in [1.807, 2.05) is 52.2 Å². The smallest absolute Gasteiger partial charge is 0.227 e. The molecule has 4 aromatic rings. The molecule has 3 aromatic heterocycles. The summed E-state index contributed by atoms with van der Waals surface area (Å²) in [6, 6.07) is 16.3. The molecule has 29 heavy (non-hydrogen) atoms. The molecular weight excluding hydrogens is 384 g/mol. The van der Waals surface area contributed by atoms with Crippen LogP contribution in [0.15, 0.2) is 65.5 Å². The van der Waals surface area contributed by atoms with Crippen molar-refractivity contribution >= 4 is 22.8 Å². The Bertz CT molecular complexity index is 1120. The van der Waals surface area contributed by atoms with E-state index in [9.17, 15) is 4.79 Å². The second kappa shape index (κ2) is 7.77. The van der Waals surface area contributed by atoms with Gasteiger partial charge in [0.05, 0.1) is 25.1 Å². The van der Waals surface area contributed by atoms with Crippen LogP contribution in [0.1, 0.15) is 17.4 Å². The fraction of sp³-hybridized carbons (Fsp3) is 0.227. The van der Waals surface area contributed by atoms with Gasteiger partial charge >= 0.3 is 0 Å². The van der Waals surface area contributed by atoms with E-state index in [2.05, 4.69) is 28.5 Å². The average Bonchev–Trinajstić information content (AvgIpc) is 3.43. The Balaban J connectivity index is 1.36. The number of rotatable bonds is 4. The van der Waals surface area contributed by atoms with Crippen molar-refractivity contribution in [2.45, 2.75) is 12.5 Å². The number of carbonyl (C=O) groups is 1. The minimum atomic E-state index is -0.268. The Kier molecular flexibility index (Phi) is 4.83. The predicted octanol–water partition coefficient (Wildman–Crippen LogP) is 3.60. The molecule has 5 rings (SSSR count). The van der Waals surface area contributed by atoms with E-state index < -0.39 is 0 Å². The van der Waals surface area contributed by atoms with Crippen molar-refractivity contribution in [1.29, 1.82) is 0 Å². The minimum Gasteiger partial charge on any atom is -0.368 e. The van der Waals surface area contributed by atoms with Crippen molar-refractivity contribution in [3.63, 3.8) is 0 Å². The van der Waals surface area contributed by atoms with Crippen molar-refractivity contribution in [3.05, 3.63) is 76.7 Å². The molecule has 0 spiro atoms. The fourth-order valence-electron chi connectivity index (χ4n) is 3.67. The zero-order valence-corrected chi connectivity index (χ0v) is 16.6. The van der Waals surface area contributed by atoms with E-state index in [0.29, 0.717) is 26.1 Å². The molecule has 1 fully saturated rings. The molecule has 0 unspecified atom stereocenters. The van der Waals surface area contributed by atoms with Crippen LogP contribution in [0.5, 0.6) is 0 Å². The van der Waals surface area contributed by atoms with Gasteiger partial charge in [0.2, 0.25) is 5.91 Å². The molecule has 6 nitrogen and oxygen atoms in total. The highest BCUT2D eigenvalue weighted by atomic mass is 32.1. The van der Waals surface area contributed by atoms with Crippen LogP contribution in [0.2, 0.25) is 0 Å². The zero-order chi connectivity index (χ0) is 19.6. The van der Waals surface area contributed by atoms with Gasteiger partial charge in [-0.05, 0) is 34.0 Å². The number of hydrogen-bond donors (Lipinski definition) is 0. The van der Waals surface area contributed by atoms with Crippen molar-refractivity contribution in [2.75, 3.05) is 19.7 Å². The van der Waals surface area contributed by atoms with Gasteiger partial charge in [0.1, 0.15) is 11.8 Å². The van der Waals surface area contributed by atoms with E-state index in [1.165, 1.54) is 0 Å². The van der Waals surface area contributed by atoms with E-state index >= 15 is 0 Å². The molecule has 1 atom stereocenters. The number of amides is 1. The number of hydrogen-bond acceptors (Lipinski definition) is 5. The SMILES string of the molecule is O=C(Cc1ccsc1)N1CCO[C@@H](c2nnn3cc(-c4ccccc4)ccc23)C1. The zero-order valence-electron chi connectivity index (χ0n) is 15.8. The van der Waals surface area contributed by atoms with Gasteiger partial charge in [-0.3, -0.25) is 4.79 Å². The first kappa shape index (κ1) is 18.0. The molecule has 0 radical (unpaired) electrons. The van der Waals surface area contributed by atoms with Crippen LogP contribution in [-0.4, -0.2) is 45.3 Å². The van der Waals surface area contributed by atoms with Crippen LogP contribution < -0.4 is 0 Å². The molecule has 1 amide bonds. The maximum atomic E-state index is 12.7. The van der Waals surface area contributed by atoms with E-state index in [-0.39, 0.29) is 12.0 Å². The van der Waals surface area contributed by atoms with Gasteiger partial charge in [0.15, 0.2) is 0 Å². The summed E-state index contributed by atoms with van der Waals surface area (Å²) in [7, 11) is 0. The first-order valence-corrected chi connectivity index (χ1v) is 10.5. The quantitative estimate of drug-likeness (QED) is 0.521. The highest BCUT2D eigenvalue weighted by Crippen LogP contribution is 2.27. The van der Waals surface area contributed by atoms with E-state index in [1.54, 1.807) is 15.9 Å². The molecule has 1 aliphatic rings. The Hall–Kier alpha value is -3.03. The summed E-state index contributed by atoms with van der Waals surface area (Å²) in [4.78, 5) is 14.5. The van der Waals surface area contributed by atoms with Crippen LogP contribution in [0.25, 0.3) is 16.6 Å². The first-order chi connectivity index (χ1) is 14.3. The van der Waals surface area contributed by atoms with E-state index in [0.717, 1.165) is 27.9 Å². The summed E-state index contributed by atoms with van der Waals surface area (Å²) in [5.41, 5.74) is 4.95. The number of ether oxygens (including phenoxy) is 1. The lowest BCUT2D eigenvalue weighted by Crippen LogP contribution is -2.43. The standard InChI is InChI=1S/C22H20N4O2S/c27-21(12-16-8-11-29-15-16)25-9-10-28-20(14-25)22-19-7-6-18(13-26(19)24-23-22)17-4-2-1-3-5-17/h1-8,11,13,15,20H,9-10,12,14H2/t20-/m1/s1. The van der Waals surface area contributed by atoms with Gasteiger partial charge in [0, 0.05) is 18.3 Å². The molecule has 0 aliphatic carbocycles. The highest BCUT2D eigenvalue weighted by Gasteiger charge is 2.28. The summed E-state index contributed by atoms with van der Waals surface area (Å²) in [5, 5.41) is 12.7. The molecule has 1 saturated heterocycles. The van der Waals surface area contributed by atoms with Crippen LogP contribution in [-0.2, 0) is 16.0 Å². The summed E-state index contributed by atoms with van der Waals surface area (Å²) < 4.78 is 7.74. The van der Waals surface area contributed by atoms with Crippen molar-refractivity contribution < 1.29 is 9.53 Å². The Labute approximate surface area is 172 Å². The maximum absolute atomic E-state index is 12.7. The molecule has 0 saturated carbocycles. The lowest BCUT2D eigenvalue weighted by atomic mass is 10.1. The Morgan fingerprint density at radius 1 is 1.14 bits per heavy atom. The van der Waals surface area contributed by atoms with Crippen LogP contribution in [0.4, 0.5) is 0 Å². The van der Waals surface area contributed by atoms with E-state index in [4.69, 9.17) is 4.74 Å². The average molecular weight is 404 g/mol. The molecular formula is C22H20N4O2S. The molecule has 4 heterocycles. The van der Waals surface area contributed by atoms with Crippen molar-refractivity contribution in [3.8, 4) is 11.1 Å². The number of morpholine rings is 1. The number of pyridine rings is 1. The molecule has 1 aliphatic heterocycles. The van der Waals surface area contributed by atoms with Gasteiger partial charge in [-0.2, -0.15) is 11.3 Å². The lowest BCUT2D eigenvalue weighted by molar-refractivity contribution is -0.138. The number of nitrogens with zero attached hydrogens (tertiary/aromatic N) is 4. The summed E-state index contributed by atoms with van der Waals surface area (Å²) in [6.45, 7) is 1.61. The second-order valence-corrected chi connectivity index (χ2v) is 7.88. The number of benzene rings is 1. The van der Waals surface area contributed by atoms with Crippen LogP contribution in [0.3, 0.4) is 0 Å². The van der Waals surface area contributed by atoms with Gasteiger partial charge in [-0.15, -0.1) is 5.10 Å². The molecule has 146 valence electrons. The topological polar surface area (TPSA) is 59.7 Å². The van der Waals surface area contributed by atoms with Gasteiger partial charge in [-0.1, -0.05) is 41.6 Å². The Morgan fingerprint density at radius 3 is 2.86 bits per heavy atom. The molecule has 0 bridgehead atoms. The third-order valence-corrected chi connectivity index (χ3v) is 5.94. The van der Waals surface area contributed by atoms with Crippen LogP contribution >= 0.6 is 11.3 Å². The monoisotopic (exact) mass is 404 g/mol. The third-order valence-electron chi connectivity index (χ3n) is 5.21. The number of fused-ring (bicyclic) bond motifs is 1. The highest BCUT2D eigenvalue weighted by molar-refractivity contribution is 7.08. The normalized spacial score (nSPS) is 17.0. The Morgan fingerprint density at radius 2 is 2.03 bits per heavy atom. The number of carbonyl (C=O) groups excluding carboxylic acids is 1. The van der Waals surface area contributed by atoms with Gasteiger partial charge in [-0.25, -0.2) is 4.52 Å². The van der Waals surface area contributed by atoms with Crippen molar-refractivity contribution in [1.82, 2.24) is 19.7 Å². The number of thiophene rings is 1. The van der Waals surface area contributed by atoms with Gasteiger partial charge < -0.3 is 9.64 Å². The summed E-state index contributed by atoms with van der Waals surface area (Å²) in [5.74, 6) is 0.125. The molecule has 0 N–H and O–H groups in total. The third kappa shape index (κ3) is 3.66. The van der Waals surface area contributed by atoms with Crippen molar-refractivity contribution in [2.24, 2.45) is 0 Å². The largest absolute Gasteiger partial charge is 0.368 e. The van der Waals surface area contributed by atoms with Gasteiger partial charge in [0.25, 0.3) is 0 Å². The second-order valence-electron chi connectivity index (χ2n) is 7.10. The lowest BCUT2D eigenvalue weighted by Gasteiger charge is -2.32. The molecule has 1 aromatic carbocycles. The number of aromatic nitrogens is 3. The molecule has 7 heteroatoms. The minimum absolute atomic E-state index is 0.125.